The zero-order valence-electron chi connectivity index (χ0n) is 33.4. The van der Waals surface area contributed by atoms with E-state index in [0.717, 1.165) is 21.8 Å². The SMILES string of the molecule is COC(=O)CCC(=O)c1cc(-c2ccc(C)cc2)ccn1.COC(=O)CCC(=O)c1cc(I)ccn1.COC(=O)CCC(=O)c1cc(I)ccn1.O=C(O)c1cc(I)ccn1. The summed E-state index contributed by atoms with van der Waals surface area (Å²) in [5.41, 5.74) is 4.40. The number of pyridine rings is 4. The number of aromatic carboxylic acids is 1. The summed E-state index contributed by atoms with van der Waals surface area (Å²) < 4.78 is 16.2. The van der Waals surface area contributed by atoms with Crippen LogP contribution in [-0.2, 0) is 28.6 Å². The third-order valence-corrected chi connectivity index (χ3v) is 9.75. The number of esters is 3. The van der Waals surface area contributed by atoms with E-state index in [2.05, 4.69) is 79.3 Å². The minimum Gasteiger partial charge on any atom is -0.477 e. The second-order valence-corrected chi connectivity index (χ2v) is 15.9. The number of aryl methyl sites for hydroxylation is 1. The molecule has 0 fully saturated rings. The average Bonchev–Trinajstić information content (AvgIpc) is 3.27. The first-order chi connectivity index (χ1) is 29.1. The van der Waals surface area contributed by atoms with Crippen LogP contribution in [0.1, 0.15) is 86.0 Å². The number of carbonyl (C=O) groups excluding carboxylic acids is 6. The number of carbonyl (C=O) groups is 7. The molecule has 1 N–H and O–H groups in total. The van der Waals surface area contributed by atoms with Crippen molar-refractivity contribution in [2.45, 2.75) is 45.4 Å². The highest BCUT2D eigenvalue weighted by Crippen LogP contribution is 2.21. The number of methoxy groups -OCH3 is 3. The largest absolute Gasteiger partial charge is 0.477 e. The summed E-state index contributed by atoms with van der Waals surface area (Å²) in [5, 5.41) is 8.44. The van der Waals surface area contributed by atoms with E-state index >= 15 is 0 Å². The number of nitrogens with zero attached hydrogens (tertiary/aromatic N) is 4. The lowest BCUT2D eigenvalue weighted by atomic mass is 10.0. The third kappa shape index (κ3) is 20.8. The summed E-state index contributed by atoms with van der Waals surface area (Å²) in [4.78, 5) is 93.7. The van der Waals surface area contributed by atoms with Crippen molar-refractivity contribution in [3.05, 3.63) is 137 Å². The van der Waals surface area contributed by atoms with Crippen LogP contribution in [0.2, 0.25) is 0 Å². The number of ketones is 3. The van der Waals surface area contributed by atoms with Crippen molar-refractivity contribution >= 4 is 109 Å². The highest BCUT2D eigenvalue weighted by atomic mass is 127. The first-order valence-corrected chi connectivity index (χ1v) is 21.2. The molecule has 61 heavy (non-hydrogen) atoms. The Labute approximate surface area is 393 Å². The molecule has 0 amide bonds. The molecule has 0 aliphatic rings. The molecule has 0 aliphatic carbocycles. The topological polar surface area (TPSA) is 219 Å². The summed E-state index contributed by atoms with van der Waals surface area (Å²) in [6, 6.07) is 21.9. The lowest BCUT2D eigenvalue weighted by Gasteiger charge is -2.05. The predicted molar refractivity (Wildman–Crippen MR) is 249 cm³/mol. The van der Waals surface area contributed by atoms with Gasteiger partial charge >= 0.3 is 23.9 Å². The number of halogens is 3. The zero-order chi connectivity index (χ0) is 45.3. The number of rotatable bonds is 14. The first kappa shape index (κ1) is 52.0. The van der Waals surface area contributed by atoms with Crippen LogP contribution in [-0.4, -0.2) is 87.6 Å². The molecule has 1 aromatic carbocycles. The Hall–Kier alpha value is -5.10. The maximum Gasteiger partial charge on any atom is 0.354 e. The summed E-state index contributed by atoms with van der Waals surface area (Å²) in [6.07, 6.45) is 6.90. The summed E-state index contributed by atoms with van der Waals surface area (Å²) in [7, 11) is 3.91. The standard InChI is InChI=1S/C17H17NO3.2C10H10INO3.C6H4INO2/c1-12-3-5-13(6-4-12)14-9-10-18-15(11-14)16(19)7-8-17(20)21-2;2*1-15-10(14)3-2-9(13)8-6-7(11)4-5-12-8;7-4-1-2-8-5(3-4)6(9)10/h3-6,9-11H,7-8H2,1-2H3;2*4-6H,2-3H2,1H3;1-3H,(H,9,10). The van der Waals surface area contributed by atoms with Gasteiger partial charge in [-0.3, -0.25) is 43.7 Å². The minimum absolute atomic E-state index is 0.0752. The lowest BCUT2D eigenvalue weighted by molar-refractivity contribution is -0.141. The zero-order valence-corrected chi connectivity index (χ0v) is 39.9. The van der Waals surface area contributed by atoms with E-state index in [9.17, 15) is 33.6 Å². The van der Waals surface area contributed by atoms with Crippen molar-refractivity contribution in [3.63, 3.8) is 0 Å². The average molecular weight is 1170 g/mol. The van der Waals surface area contributed by atoms with Crippen LogP contribution in [0.4, 0.5) is 0 Å². The Morgan fingerprint density at radius 3 is 1.11 bits per heavy atom. The summed E-state index contributed by atoms with van der Waals surface area (Å²) in [5.74, 6) is -2.58. The van der Waals surface area contributed by atoms with E-state index in [4.69, 9.17) is 5.11 Å². The van der Waals surface area contributed by atoms with Gasteiger partial charge in [0.25, 0.3) is 0 Å². The summed E-state index contributed by atoms with van der Waals surface area (Å²) >= 11 is 6.24. The van der Waals surface area contributed by atoms with Gasteiger partial charge in [-0.2, -0.15) is 0 Å². The van der Waals surface area contributed by atoms with Crippen molar-refractivity contribution < 1.29 is 52.9 Å². The van der Waals surface area contributed by atoms with Crippen LogP contribution >= 0.6 is 67.8 Å². The summed E-state index contributed by atoms with van der Waals surface area (Å²) in [6.45, 7) is 2.03. The van der Waals surface area contributed by atoms with Crippen LogP contribution in [0.5, 0.6) is 0 Å². The third-order valence-electron chi connectivity index (χ3n) is 7.74. The number of hydrogen-bond acceptors (Lipinski definition) is 14. The van der Waals surface area contributed by atoms with Crippen LogP contribution in [0.3, 0.4) is 0 Å². The van der Waals surface area contributed by atoms with Crippen molar-refractivity contribution in [1.29, 1.82) is 0 Å². The molecule has 0 saturated heterocycles. The van der Waals surface area contributed by atoms with Gasteiger partial charge < -0.3 is 19.3 Å². The number of ether oxygens (including phenoxy) is 3. The van der Waals surface area contributed by atoms with Crippen LogP contribution in [0, 0.1) is 17.6 Å². The molecular formula is C43H41I3N4O11. The fourth-order valence-electron chi connectivity index (χ4n) is 4.48. The molecule has 18 heteroatoms. The first-order valence-electron chi connectivity index (χ1n) is 18.0. The molecule has 0 radical (unpaired) electrons. The van der Waals surface area contributed by atoms with E-state index < -0.39 is 11.9 Å². The Kier molecular flexibility index (Phi) is 24.3. The quantitative estimate of drug-likeness (QED) is 0.0479. The van der Waals surface area contributed by atoms with Gasteiger partial charge in [0.1, 0.15) is 22.8 Å². The molecule has 0 spiro atoms. The van der Waals surface area contributed by atoms with E-state index in [0.29, 0.717) is 17.1 Å². The molecule has 0 bridgehead atoms. The number of carboxylic acids is 1. The molecule has 0 atom stereocenters. The maximum absolute atomic E-state index is 12.0. The second kappa shape index (κ2) is 28.4. The van der Waals surface area contributed by atoms with Gasteiger partial charge in [-0.25, -0.2) is 9.78 Å². The van der Waals surface area contributed by atoms with E-state index in [1.165, 1.54) is 39.2 Å². The number of Topliss-reactive ketones (excluding diaryl/α,β-unsaturated/α-hetero) is 3. The highest BCUT2D eigenvalue weighted by Gasteiger charge is 2.13. The van der Waals surface area contributed by atoms with E-state index in [1.54, 1.807) is 55.0 Å². The smallest absolute Gasteiger partial charge is 0.354 e. The van der Waals surface area contributed by atoms with Gasteiger partial charge in [-0.05, 0) is 134 Å². The molecule has 5 aromatic rings. The van der Waals surface area contributed by atoms with Gasteiger partial charge in [-0.1, -0.05) is 29.8 Å². The van der Waals surface area contributed by atoms with Crippen LogP contribution in [0.25, 0.3) is 11.1 Å². The Bertz CT molecular complexity index is 2220. The maximum atomic E-state index is 12.0. The Balaban J connectivity index is 0.000000289. The lowest BCUT2D eigenvalue weighted by Crippen LogP contribution is -2.07. The highest BCUT2D eigenvalue weighted by molar-refractivity contribution is 14.1. The molecule has 15 nitrogen and oxygen atoms in total. The van der Waals surface area contributed by atoms with Crippen molar-refractivity contribution in [2.24, 2.45) is 0 Å². The Morgan fingerprint density at radius 1 is 0.459 bits per heavy atom. The second-order valence-electron chi connectivity index (χ2n) is 12.2. The van der Waals surface area contributed by atoms with Crippen molar-refractivity contribution in [1.82, 2.24) is 19.9 Å². The van der Waals surface area contributed by atoms with Gasteiger partial charge in [-0.15, -0.1) is 0 Å². The van der Waals surface area contributed by atoms with Gasteiger partial charge in [0.2, 0.25) is 0 Å². The number of benzene rings is 1. The number of hydrogen-bond donors (Lipinski definition) is 1. The van der Waals surface area contributed by atoms with Crippen LogP contribution in [0.15, 0.2) is 97.6 Å². The van der Waals surface area contributed by atoms with Crippen molar-refractivity contribution in [2.75, 3.05) is 21.3 Å². The number of carboxylic acid groups (broad SMARTS) is 1. The fourth-order valence-corrected chi connectivity index (χ4v) is 5.85. The fraction of sp³-hybridized carbons (Fsp3) is 0.233. The van der Waals surface area contributed by atoms with Gasteiger partial charge in [0.15, 0.2) is 17.3 Å². The van der Waals surface area contributed by atoms with E-state index in [-0.39, 0.29) is 73.5 Å². The molecule has 5 rings (SSSR count). The van der Waals surface area contributed by atoms with Crippen molar-refractivity contribution in [3.8, 4) is 11.1 Å². The molecule has 0 unspecified atom stereocenters. The van der Waals surface area contributed by atoms with Gasteiger partial charge in [0.05, 0.1) is 40.6 Å². The Morgan fingerprint density at radius 2 is 0.787 bits per heavy atom. The monoisotopic (exact) mass is 1170 g/mol. The molecule has 0 saturated carbocycles. The molecule has 320 valence electrons. The minimum atomic E-state index is -0.987. The predicted octanol–water partition coefficient (Wildman–Crippen LogP) is 8.22. The normalized spacial score (nSPS) is 9.82. The molecular weight excluding hydrogens is 1130 g/mol. The number of aromatic nitrogens is 4. The molecule has 4 heterocycles. The molecule has 4 aromatic heterocycles. The van der Waals surface area contributed by atoms with Gasteiger partial charge in [0, 0.05) is 54.8 Å². The van der Waals surface area contributed by atoms with Crippen LogP contribution < -0.4 is 0 Å². The molecule has 0 aliphatic heterocycles. The van der Waals surface area contributed by atoms with E-state index in [1.807, 2.05) is 59.8 Å².